The molecule has 2 N–H and O–H groups in total. The average molecular weight is 383 g/mol. The minimum atomic E-state index is 0.146. The topological polar surface area (TPSA) is 48.9 Å². The van der Waals surface area contributed by atoms with Gasteiger partial charge in [0.1, 0.15) is 5.75 Å². The monoisotopic (exact) mass is 382 g/mol. The van der Waals surface area contributed by atoms with E-state index in [-0.39, 0.29) is 6.10 Å². The number of hydrogen-bond acceptors (Lipinski definition) is 3. The molecule has 0 aliphatic rings. The number of aryl methyl sites for hydroxylation is 1. The minimum Gasteiger partial charge on any atom is -0.491 e. The summed E-state index contributed by atoms with van der Waals surface area (Å²) in [6, 6.07) is 14.9. The van der Waals surface area contributed by atoms with Gasteiger partial charge < -0.3 is 20.3 Å². The summed E-state index contributed by atoms with van der Waals surface area (Å²) in [5, 5.41) is 6.78. The SMILES string of the molecule is CN=C(NCc1cccc(CN(C)C)c1)NCc1ccc(C)cc1OC(C)C. The molecule has 0 amide bonds. The molecule has 0 unspecified atom stereocenters. The van der Waals surface area contributed by atoms with Gasteiger partial charge in [-0.3, -0.25) is 4.99 Å². The van der Waals surface area contributed by atoms with Crippen LogP contribution in [-0.4, -0.2) is 38.1 Å². The number of benzene rings is 2. The number of nitrogens with one attached hydrogen (secondary N) is 2. The summed E-state index contributed by atoms with van der Waals surface area (Å²) in [4.78, 5) is 6.51. The van der Waals surface area contributed by atoms with E-state index in [0.717, 1.165) is 30.4 Å². The van der Waals surface area contributed by atoms with Crippen molar-refractivity contribution < 1.29 is 4.74 Å². The fraction of sp³-hybridized carbons (Fsp3) is 0.435. The minimum absolute atomic E-state index is 0.146. The van der Waals surface area contributed by atoms with Gasteiger partial charge in [-0.15, -0.1) is 0 Å². The van der Waals surface area contributed by atoms with Crippen LogP contribution in [0.1, 0.15) is 36.1 Å². The molecule has 0 bridgehead atoms. The number of hydrogen-bond donors (Lipinski definition) is 2. The van der Waals surface area contributed by atoms with Crippen LogP contribution in [-0.2, 0) is 19.6 Å². The highest BCUT2D eigenvalue weighted by molar-refractivity contribution is 5.79. The first-order chi connectivity index (χ1) is 13.4. The predicted molar refractivity (Wildman–Crippen MR) is 118 cm³/mol. The second kappa shape index (κ2) is 10.7. The number of aliphatic imine (C=N–C) groups is 1. The molecule has 0 atom stereocenters. The third kappa shape index (κ3) is 7.24. The van der Waals surface area contributed by atoms with Crippen LogP contribution < -0.4 is 15.4 Å². The molecule has 2 aromatic rings. The van der Waals surface area contributed by atoms with Crippen molar-refractivity contribution >= 4 is 5.96 Å². The first-order valence-electron chi connectivity index (χ1n) is 9.80. The fourth-order valence-corrected chi connectivity index (χ4v) is 2.96. The van der Waals surface area contributed by atoms with Crippen molar-refractivity contribution in [1.29, 1.82) is 0 Å². The zero-order chi connectivity index (χ0) is 20.5. The van der Waals surface area contributed by atoms with Gasteiger partial charge in [-0.25, -0.2) is 0 Å². The second-order valence-corrected chi connectivity index (χ2v) is 7.61. The molecule has 0 aliphatic carbocycles. The number of guanidine groups is 1. The van der Waals surface area contributed by atoms with Gasteiger partial charge in [-0.2, -0.15) is 0 Å². The lowest BCUT2D eigenvalue weighted by molar-refractivity contribution is 0.239. The average Bonchev–Trinajstić information content (AvgIpc) is 2.62. The molecule has 0 aromatic heterocycles. The highest BCUT2D eigenvalue weighted by atomic mass is 16.5. The Labute approximate surface area is 169 Å². The molecule has 0 spiro atoms. The molecule has 0 radical (unpaired) electrons. The zero-order valence-corrected chi connectivity index (χ0v) is 18.0. The highest BCUT2D eigenvalue weighted by Gasteiger charge is 2.08. The van der Waals surface area contributed by atoms with E-state index in [2.05, 4.69) is 84.0 Å². The lowest BCUT2D eigenvalue weighted by atomic mass is 10.1. The molecule has 0 saturated heterocycles. The van der Waals surface area contributed by atoms with E-state index in [4.69, 9.17) is 4.74 Å². The summed E-state index contributed by atoms with van der Waals surface area (Å²) in [6.45, 7) is 8.49. The number of ether oxygens (including phenoxy) is 1. The van der Waals surface area contributed by atoms with Crippen LogP contribution >= 0.6 is 0 Å². The van der Waals surface area contributed by atoms with E-state index in [1.165, 1.54) is 16.7 Å². The molecular weight excluding hydrogens is 348 g/mol. The Kier molecular flexibility index (Phi) is 8.33. The molecule has 152 valence electrons. The zero-order valence-electron chi connectivity index (χ0n) is 18.0. The largest absolute Gasteiger partial charge is 0.491 e. The Morgan fingerprint density at radius 3 is 2.43 bits per heavy atom. The van der Waals surface area contributed by atoms with Crippen LogP contribution in [0.5, 0.6) is 5.75 Å². The maximum atomic E-state index is 5.96. The van der Waals surface area contributed by atoms with Gasteiger partial charge in [-0.1, -0.05) is 36.4 Å². The Balaban J connectivity index is 1.95. The lowest BCUT2D eigenvalue weighted by Crippen LogP contribution is -2.36. The third-order valence-corrected chi connectivity index (χ3v) is 4.21. The Bertz CT molecular complexity index is 784. The standard InChI is InChI=1S/C23H34N4O/c1-17(2)28-22-12-18(3)10-11-21(22)15-26-23(24-4)25-14-19-8-7-9-20(13-19)16-27(5)6/h7-13,17H,14-16H2,1-6H3,(H2,24,25,26). The van der Waals surface area contributed by atoms with Crippen molar-refractivity contribution in [1.82, 2.24) is 15.5 Å². The summed E-state index contributed by atoms with van der Waals surface area (Å²) in [6.07, 6.45) is 0.146. The summed E-state index contributed by atoms with van der Waals surface area (Å²) in [5.41, 5.74) is 4.86. The van der Waals surface area contributed by atoms with Crippen LogP contribution in [0.2, 0.25) is 0 Å². The number of rotatable bonds is 8. The van der Waals surface area contributed by atoms with Crippen LogP contribution in [0.4, 0.5) is 0 Å². The van der Waals surface area contributed by atoms with Crippen LogP contribution in [0.3, 0.4) is 0 Å². The molecule has 2 rings (SSSR count). The van der Waals surface area contributed by atoms with Gasteiger partial charge in [0.2, 0.25) is 0 Å². The summed E-state index contributed by atoms with van der Waals surface area (Å²) >= 11 is 0. The van der Waals surface area contributed by atoms with E-state index in [1.54, 1.807) is 7.05 Å². The summed E-state index contributed by atoms with van der Waals surface area (Å²) in [5.74, 6) is 1.70. The lowest BCUT2D eigenvalue weighted by Gasteiger charge is -2.17. The van der Waals surface area contributed by atoms with E-state index >= 15 is 0 Å². The Morgan fingerprint density at radius 2 is 1.75 bits per heavy atom. The quantitative estimate of drug-likeness (QED) is 0.540. The first-order valence-corrected chi connectivity index (χ1v) is 9.80. The van der Waals surface area contributed by atoms with Crippen LogP contribution in [0, 0.1) is 6.92 Å². The molecule has 28 heavy (non-hydrogen) atoms. The van der Waals surface area contributed by atoms with Gasteiger partial charge >= 0.3 is 0 Å². The molecule has 2 aromatic carbocycles. The Morgan fingerprint density at radius 1 is 1.04 bits per heavy atom. The molecule has 0 fully saturated rings. The van der Waals surface area contributed by atoms with Crippen molar-refractivity contribution in [3.8, 4) is 5.75 Å². The molecular formula is C23H34N4O. The van der Waals surface area contributed by atoms with Crippen molar-refractivity contribution in [2.45, 2.75) is 46.5 Å². The molecule has 5 nitrogen and oxygen atoms in total. The molecule has 0 saturated carbocycles. The Hall–Kier alpha value is -2.53. The molecule has 0 aliphatic heterocycles. The fourth-order valence-electron chi connectivity index (χ4n) is 2.96. The van der Waals surface area contributed by atoms with Gasteiger partial charge in [-0.05, 0) is 57.6 Å². The number of nitrogens with zero attached hydrogens (tertiary/aromatic N) is 2. The first kappa shape index (κ1) is 21.8. The predicted octanol–water partition coefficient (Wildman–Crippen LogP) is 3.71. The van der Waals surface area contributed by atoms with E-state index in [0.29, 0.717) is 6.54 Å². The van der Waals surface area contributed by atoms with Gasteiger partial charge in [0.15, 0.2) is 5.96 Å². The van der Waals surface area contributed by atoms with Gasteiger partial charge in [0.05, 0.1) is 6.10 Å². The molecule has 0 heterocycles. The highest BCUT2D eigenvalue weighted by Crippen LogP contribution is 2.21. The third-order valence-electron chi connectivity index (χ3n) is 4.21. The van der Waals surface area contributed by atoms with E-state index < -0.39 is 0 Å². The van der Waals surface area contributed by atoms with Crippen molar-refractivity contribution in [2.24, 2.45) is 4.99 Å². The van der Waals surface area contributed by atoms with Crippen LogP contribution in [0.15, 0.2) is 47.5 Å². The van der Waals surface area contributed by atoms with Crippen molar-refractivity contribution in [2.75, 3.05) is 21.1 Å². The summed E-state index contributed by atoms with van der Waals surface area (Å²) in [7, 11) is 5.95. The van der Waals surface area contributed by atoms with Gasteiger partial charge in [0, 0.05) is 32.2 Å². The smallest absolute Gasteiger partial charge is 0.191 e. The maximum Gasteiger partial charge on any atom is 0.191 e. The normalized spacial score (nSPS) is 11.8. The van der Waals surface area contributed by atoms with E-state index in [1.807, 2.05) is 13.8 Å². The second-order valence-electron chi connectivity index (χ2n) is 7.61. The van der Waals surface area contributed by atoms with Crippen molar-refractivity contribution in [3.63, 3.8) is 0 Å². The van der Waals surface area contributed by atoms with Crippen LogP contribution in [0.25, 0.3) is 0 Å². The summed E-state index contributed by atoms with van der Waals surface area (Å²) < 4.78 is 5.96. The van der Waals surface area contributed by atoms with Crippen molar-refractivity contribution in [3.05, 3.63) is 64.7 Å². The van der Waals surface area contributed by atoms with Gasteiger partial charge in [0.25, 0.3) is 0 Å². The molecule has 5 heteroatoms. The maximum absolute atomic E-state index is 5.96. The van der Waals surface area contributed by atoms with E-state index in [9.17, 15) is 0 Å².